The molecule has 86 valence electrons. The standard InChI is InChI=1S/C14H25N/c1-2-9-14(13-7-8-13,15-10-3-1)11-12-5-4-6-12/h12-13,15H,1-11H2. The van der Waals surface area contributed by atoms with Gasteiger partial charge in [-0.15, -0.1) is 0 Å². The van der Waals surface area contributed by atoms with Gasteiger partial charge < -0.3 is 5.32 Å². The summed E-state index contributed by atoms with van der Waals surface area (Å²) < 4.78 is 0. The van der Waals surface area contributed by atoms with Crippen LogP contribution in [0.3, 0.4) is 0 Å². The van der Waals surface area contributed by atoms with Crippen LogP contribution < -0.4 is 5.32 Å². The van der Waals surface area contributed by atoms with Crippen LogP contribution in [0.1, 0.15) is 64.2 Å². The molecule has 1 heteroatoms. The summed E-state index contributed by atoms with van der Waals surface area (Å²) in [5.74, 6) is 2.13. The second-order valence-corrected chi connectivity index (χ2v) is 6.17. The maximum Gasteiger partial charge on any atom is 0.0212 e. The van der Waals surface area contributed by atoms with E-state index < -0.39 is 0 Å². The lowest BCUT2D eigenvalue weighted by atomic mass is 9.72. The van der Waals surface area contributed by atoms with Crippen molar-refractivity contribution in [2.24, 2.45) is 11.8 Å². The van der Waals surface area contributed by atoms with Gasteiger partial charge in [0.1, 0.15) is 0 Å². The lowest BCUT2D eigenvalue weighted by Gasteiger charge is -2.40. The molecule has 0 aromatic heterocycles. The van der Waals surface area contributed by atoms with Gasteiger partial charge in [0.2, 0.25) is 0 Å². The van der Waals surface area contributed by atoms with E-state index in [4.69, 9.17) is 0 Å². The van der Waals surface area contributed by atoms with Crippen molar-refractivity contribution < 1.29 is 0 Å². The fourth-order valence-corrected chi connectivity index (χ4v) is 3.71. The highest BCUT2D eigenvalue weighted by Gasteiger charge is 2.46. The van der Waals surface area contributed by atoms with Gasteiger partial charge in [0.25, 0.3) is 0 Å². The Balaban J connectivity index is 1.67. The summed E-state index contributed by atoms with van der Waals surface area (Å²) in [6.45, 7) is 1.29. The molecule has 3 fully saturated rings. The summed E-state index contributed by atoms with van der Waals surface area (Å²) >= 11 is 0. The predicted molar refractivity (Wildman–Crippen MR) is 63.9 cm³/mol. The Morgan fingerprint density at radius 3 is 2.47 bits per heavy atom. The van der Waals surface area contributed by atoms with Crippen molar-refractivity contribution in [2.45, 2.75) is 69.7 Å². The number of nitrogens with one attached hydrogen (secondary N) is 1. The van der Waals surface area contributed by atoms with Crippen LogP contribution in [0.4, 0.5) is 0 Å². The van der Waals surface area contributed by atoms with Gasteiger partial charge in [-0.1, -0.05) is 32.1 Å². The van der Waals surface area contributed by atoms with Crippen LogP contribution in [0.15, 0.2) is 0 Å². The maximum atomic E-state index is 3.96. The molecule has 1 N–H and O–H groups in total. The van der Waals surface area contributed by atoms with E-state index in [0.29, 0.717) is 5.54 Å². The van der Waals surface area contributed by atoms with Crippen molar-refractivity contribution in [3.63, 3.8) is 0 Å². The Hall–Kier alpha value is -0.0400. The zero-order valence-electron chi connectivity index (χ0n) is 9.93. The third kappa shape index (κ3) is 2.08. The van der Waals surface area contributed by atoms with Crippen LogP contribution in [0.25, 0.3) is 0 Å². The summed E-state index contributed by atoms with van der Waals surface area (Å²) in [6.07, 6.45) is 14.9. The average molecular weight is 207 g/mol. The highest BCUT2D eigenvalue weighted by atomic mass is 15.0. The largest absolute Gasteiger partial charge is 0.311 e. The Labute approximate surface area is 94.0 Å². The zero-order valence-corrected chi connectivity index (χ0v) is 9.93. The minimum absolute atomic E-state index is 0.599. The minimum atomic E-state index is 0.599. The van der Waals surface area contributed by atoms with Gasteiger partial charge in [0.05, 0.1) is 0 Å². The Kier molecular flexibility index (Phi) is 2.76. The number of rotatable bonds is 3. The van der Waals surface area contributed by atoms with E-state index in [0.717, 1.165) is 11.8 Å². The zero-order chi connectivity index (χ0) is 10.1. The third-order valence-electron chi connectivity index (χ3n) is 5.01. The lowest BCUT2D eigenvalue weighted by Crippen LogP contribution is -2.48. The summed E-state index contributed by atoms with van der Waals surface area (Å²) in [5.41, 5.74) is 0.599. The topological polar surface area (TPSA) is 12.0 Å². The van der Waals surface area contributed by atoms with E-state index in [-0.39, 0.29) is 0 Å². The van der Waals surface area contributed by atoms with E-state index in [1.54, 1.807) is 0 Å². The van der Waals surface area contributed by atoms with Gasteiger partial charge in [-0.2, -0.15) is 0 Å². The molecule has 2 aliphatic carbocycles. The summed E-state index contributed by atoms with van der Waals surface area (Å²) in [5, 5.41) is 3.96. The van der Waals surface area contributed by atoms with Crippen molar-refractivity contribution in [3.8, 4) is 0 Å². The molecule has 1 aliphatic heterocycles. The monoisotopic (exact) mass is 207 g/mol. The summed E-state index contributed by atoms with van der Waals surface area (Å²) in [7, 11) is 0. The Morgan fingerprint density at radius 1 is 0.933 bits per heavy atom. The molecule has 0 aromatic carbocycles. The van der Waals surface area contributed by atoms with Gasteiger partial charge >= 0.3 is 0 Å². The molecule has 0 radical (unpaired) electrons. The van der Waals surface area contributed by atoms with E-state index >= 15 is 0 Å². The third-order valence-corrected chi connectivity index (χ3v) is 5.01. The summed E-state index contributed by atoms with van der Waals surface area (Å²) in [6, 6.07) is 0. The van der Waals surface area contributed by atoms with Gasteiger partial charge in [0.15, 0.2) is 0 Å². The predicted octanol–water partition coefficient (Wildman–Crippen LogP) is 3.49. The number of hydrogen-bond donors (Lipinski definition) is 1. The SMILES string of the molecule is C1CCNC(CC2CCC2)(C2CC2)CC1. The number of hydrogen-bond acceptors (Lipinski definition) is 1. The maximum absolute atomic E-state index is 3.96. The highest BCUT2D eigenvalue weighted by Crippen LogP contribution is 2.48. The normalized spacial score (nSPS) is 38.4. The van der Waals surface area contributed by atoms with Crippen LogP contribution in [-0.2, 0) is 0 Å². The fraction of sp³-hybridized carbons (Fsp3) is 1.00. The second-order valence-electron chi connectivity index (χ2n) is 6.17. The minimum Gasteiger partial charge on any atom is -0.311 e. The van der Waals surface area contributed by atoms with Crippen molar-refractivity contribution in [1.29, 1.82) is 0 Å². The van der Waals surface area contributed by atoms with Gasteiger partial charge in [-0.25, -0.2) is 0 Å². The molecule has 1 nitrogen and oxygen atoms in total. The highest BCUT2D eigenvalue weighted by molar-refractivity contribution is 5.03. The van der Waals surface area contributed by atoms with E-state index in [1.807, 2.05) is 0 Å². The summed E-state index contributed by atoms with van der Waals surface area (Å²) in [4.78, 5) is 0. The van der Waals surface area contributed by atoms with Crippen molar-refractivity contribution in [3.05, 3.63) is 0 Å². The average Bonchev–Trinajstić information content (AvgIpc) is 2.99. The van der Waals surface area contributed by atoms with Crippen LogP contribution in [0.2, 0.25) is 0 Å². The molecule has 0 bridgehead atoms. The van der Waals surface area contributed by atoms with Crippen molar-refractivity contribution in [1.82, 2.24) is 5.32 Å². The molecule has 3 rings (SSSR count). The molecule has 1 heterocycles. The van der Waals surface area contributed by atoms with E-state index in [2.05, 4.69) is 5.32 Å². The molecular weight excluding hydrogens is 182 g/mol. The van der Waals surface area contributed by atoms with Gasteiger partial charge in [-0.05, 0) is 50.5 Å². The fourth-order valence-electron chi connectivity index (χ4n) is 3.71. The first-order valence-electron chi connectivity index (χ1n) is 7.14. The quantitative estimate of drug-likeness (QED) is 0.747. The molecule has 2 saturated carbocycles. The van der Waals surface area contributed by atoms with Gasteiger partial charge in [0, 0.05) is 5.54 Å². The van der Waals surface area contributed by atoms with Crippen LogP contribution >= 0.6 is 0 Å². The molecule has 1 atom stereocenters. The van der Waals surface area contributed by atoms with Crippen LogP contribution in [0.5, 0.6) is 0 Å². The van der Waals surface area contributed by atoms with Crippen molar-refractivity contribution >= 4 is 0 Å². The molecule has 0 aromatic rings. The van der Waals surface area contributed by atoms with Crippen molar-refractivity contribution in [2.75, 3.05) is 6.54 Å². The first-order chi connectivity index (χ1) is 7.39. The van der Waals surface area contributed by atoms with Gasteiger partial charge in [-0.3, -0.25) is 0 Å². The smallest absolute Gasteiger partial charge is 0.0212 e. The lowest BCUT2D eigenvalue weighted by molar-refractivity contribution is 0.164. The molecule has 0 amide bonds. The Morgan fingerprint density at radius 2 is 1.80 bits per heavy atom. The second kappa shape index (κ2) is 4.08. The van der Waals surface area contributed by atoms with E-state index in [9.17, 15) is 0 Å². The molecular formula is C14H25N. The molecule has 3 aliphatic rings. The molecule has 0 spiro atoms. The molecule has 1 unspecified atom stereocenters. The van der Waals surface area contributed by atoms with E-state index in [1.165, 1.54) is 70.8 Å². The first kappa shape index (κ1) is 10.1. The van der Waals surface area contributed by atoms with Crippen LogP contribution in [-0.4, -0.2) is 12.1 Å². The van der Waals surface area contributed by atoms with Crippen LogP contribution in [0, 0.1) is 11.8 Å². The first-order valence-corrected chi connectivity index (χ1v) is 7.14. The molecule has 1 saturated heterocycles. The molecule has 15 heavy (non-hydrogen) atoms. The Bertz CT molecular complexity index is 207.